The van der Waals surface area contributed by atoms with Crippen LogP contribution >= 0.6 is 23.2 Å². The van der Waals surface area contributed by atoms with Gasteiger partial charge in [0.05, 0.1) is 10.0 Å². The minimum absolute atomic E-state index is 0.182. The normalized spacial score (nSPS) is 11.0. The molecular weight excluding hydrogens is 277 g/mol. The summed E-state index contributed by atoms with van der Waals surface area (Å²) in [5.41, 5.74) is 6.77. The Morgan fingerprint density at radius 3 is 2.89 bits per heavy atom. The third kappa shape index (κ3) is 1.64. The van der Waals surface area contributed by atoms with E-state index >= 15 is 0 Å². The van der Waals surface area contributed by atoms with Crippen LogP contribution in [0.2, 0.25) is 10.0 Å². The molecule has 0 radical (unpaired) electrons. The fourth-order valence-electron chi connectivity index (χ4n) is 1.49. The molecule has 2 aromatic heterocycles. The Hall–Kier alpha value is -1.99. The maximum absolute atomic E-state index is 6.11. The summed E-state index contributed by atoms with van der Waals surface area (Å²) in [5.74, 6) is 0.399. The van der Waals surface area contributed by atoms with E-state index in [1.165, 1.54) is 4.63 Å². The quantitative estimate of drug-likeness (QED) is 0.726. The molecule has 0 bridgehead atoms. The van der Waals surface area contributed by atoms with Crippen molar-refractivity contribution in [1.82, 2.24) is 30.2 Å². The van der Waals surface area contributed by atoms with Crippen LogP contribution in [0.4, 0.5) is 5.82 Å². The number of aromatic nitrogens is 6. The Bertz CT molecular complexity index is 739. The first kappa shape index (κ1) is 11.1. The van der Waals surface area contributed by atoms with E-state index in [1.54, 1.807) is 18.2 Å². The zero-order chi connectivity index (χ0) is 12.7. The van der Waals surface area contributed by atoms with Gasteiger partial charge in [0.25, 0.3) is 5.78 Å². The van der Waals surface area contributed by atoms with Gasteiger partial charge in [0.15, 0.2) is 5.82 Å². The van der Waals surface area contributed by atoms with Gasteiger partial charge in [-0.2, -0.15) is 4.98 Å². The lowest BCUT2D eigenvalue weighted by Crippen LogP contribution is -2.05. The van der Waals surface area contributed by atoms with Crippen LogP contribution in [-0.4, -0.2) is 30.2 Å². The summed E-state index contributed by atoms with van der Waals surface area (Å²) < 4.78 is 1.17. The van der Waals surface area contributed by atoms with Gasteiger partial charge in [-0.1, -0.05) is 45.1 Å². The van der Waals surface area contributed by atoms with Gasteiger partial charge in [0, 0.05) is 5.56 Å². The first-order chi connectivity index (χ1) is 8.66. The summed E-state index contributed by atoms with van der Waals surface area (Å²) in [5, 5.41) is 15.7. The minimum atomic E-state index is 0.182. The van der Waals surface area contributed by atoms with Gasteiger partial charge in [-0.15, -0.1) is 5.10 Å². The molecule has 1 aromatic carbocycles. The lowest BCUT2D eigenvalue weighted by Gasteiger charge is -2.06. The number of benzene rings is 1. The SMILES string of the molecule is Nc1nc2nnnn2nc1-c1cccc(Cl)c1Cl. The molecule has 7 nitrogen and oxygen atoms in total. The van der Waals surface area contributed by atoms with Crippen molar-refractivity contribution in [3.63, 3.8) is 0 Å². The van der Waals surface area contributed by atoms with Crippen molar-refractivity contribution in [2.75, 3.05) is 5.73 Å². The van der Waals surface area contributed by atoms with Gasteiger partial charge in [-0.25, -0.2) is 0 Å². The van der Waals surface area contributed by atoms with Crippen LogP contribution in [0.15, 0.2) is 18.2 Å². The molecule has 3 rings (SSSR count). The van der Waals surface area contributed by atoms with Gasteiger partial charge in [0.2, 0.25) is 0 Å². The van der Waals surface area contributed by atoms with E-state index < -0.39 is 0 Å². The van der Waals surface area contributed by atoms with Crippen molar-refractivity contribution in [2.45, 2.75) is 0 Å². The highest BCUT2D eigenvalue weighted by atomic mass is 35.5. The van der Waals surface area contributed by atoms with Crippen molar-refractivity contribution in [3.05, 3.63) is 28.2 Å². The summed E-state index contributed by atoms with van der Waals surface area (Å²) in [7, 11) is 0. The second-order valence-electron chi connectivity index (χ2n) is 3.42. The van der Waals surface area contributed by atoms with Crippen LogP contribution in [0.1, 0.15) is 0 Å². The maximum Gasteiger partial charge on any atom is 0.293 e. The number of rotatable bonds is 1. The molecular formula is C9H5Cl2N7. The standard InChI is InChI=1S/C9H5Cl2N7/c10-5-3-1-2-4(6(5)11)7-8(12)13-9-14-16-17-18(9)15-7/h1-3H,(H2,12,13,14,17). The van der Waals surface area contributed by atoms with E-state index in [-0.39, 0.29) is 11.6 Å². The number of anilines is 1. The Morgan fingerprint density at radius 1 is 1.22 bits per heavy atom. The summed E-state index contributed by atoms with van der Waals surface area (Å²) in [4.78, 5) is 4.02. The minimum Gasteiger partial charge on any atom is -0.382 e. The predicted molar refractivity (Wildman–Crippen MR) is 66.2 cm³/mol. The van der Waals surface area contributed by atoms with E-state index in [4.69, 9.17) is 28.9 Å². The van der Waals surface area contributed by atoms with Crippen LogP contribution in [-0.2, 0) is 0 Å². The van der Waals surface area contributed by atoms with Crippen molar-refractivity contribution < 1.29 is 0 Å². The van der Waals surface area contributed by atoms with Gasteiger partial charge >= 0.3 is 0 Å². The fourth-order valence-corrected chi connectivity index (χ4v) is 1.88. The number of hydrogen-bond donors (Lipinski definition) is 1. The van der Waals surface area contributed by atoms with Gasteiger partial charge in [0.1, 0.15) is 5.69 Å². The molecule has 3 aromatic rings. The molecule has 0 atom stereocenters. The number of hydrogen-bond acceptors (Lipinski definition) is 6. The molecule has 0 amide bonds. The average molecular weight is 282 g/mol. The molecule has 0 fully saturated rings. The number of nitrogens with two attached hydrogens (primary N) is 1. The second kappa shape index (κ2) is 4.04. The molecule has 0 unspecified atom stereocenters. The van der Waals surface area contributed by atoms with Crippen molar-refractivity contribution >= 4 is 34.8 Å². The Labute approximate surface area is 111 Å². The lowest BCUT2D eigenvalue weighted by molar-refractivity contribution is 0.730. The molecule has 0 aliphatic rings. The predicted octanol–water partition coefficient (Wildman–Crippen LogP) is 1.47. The first-order valence-electron chi connectivity index (χ1n) is 4.83. The Morgan fingerprint density at radius 2 is 2.06 bits per heavy atom. The Kier molecular flexibility index (Phi) is 2.49. The molecule has 2 heterocycles. The Balaban J connectivity index is 2.30. The van der Waals surface area contributed by atoms with E-state index in [0.717, 1.165) is 0 Å². The van der Waals surface area contributed by atoms with E-state index in [1.807, 2.05) is 0 Å². The van der Waals surface area contributed by atoms with Crippen LogP contribution < -0.4 is 5.73 Å². The first-order valence-corrected chi connectivity index (χ1v) is 5.58. The van der Waals surface area contributed by atoms with Gasteiger partial charge in [-0.3, -0.25) is 0 Å². The third-order valence-electron chi connectivity index (χ3n) is 2.30. The largest absolute Gasteiger partial charge is 0.382 e. The smallest absolute Gasteiger partial charge is 0.293 e. The molecule has 90 valence electrons. The summed E-state index contributed by atoms with van der Waals surface area (Å²) in [6.45, 7) is 0. The summed E-state index contributed by atoms with van der Waals surface area (Å²) >= 11 is 12.1. The van der Waals surface area contributed by atoms with Crippen LogP contribution in [0, 0.1) is 0 Å². The second-order valence-corrected chi connectivity index (χ2v) is 4.20. The summed E-state index contributed by atoms with van der Waals surface area (Å²) in [6.07, 6.45) is 0. The number of fused-ring (bicyclic) bond motifs is 1. The number of nitrogen functional groups attached to an aromatic ring is 1. The van der Waals surface area contributed by atoms with Gasteiger partial charge in [-0.05, 0) is 16.5 Å². The molecule has 0 aliphatic heterocycles. The monoisotopic (exact) mass is 281 g/mol. The maximum atomic E-state index is 6.11. The molecule has 0 saturated carbocycles. The zero-order valence-electron chi connectivity index (χ0n) is 8.75. The fraction of sp³-hybridized carbons (Fsp3) is 0. The third-order valence-corrected chi connectivity index (χ3v) is 3.12. The highest BCUT2D eigenvalue weighted by Crippen LogP contribution is 2.34. The lowest BCUT2D eigenvalue weighted by atomic mass is 10.1. The summed E-state index contributed by atoms with van der Waals surface area (Å²) in [6, 6.07) is 5.16. The van der Waals surface area contributed by atoms with Crippen LogP contribution in [0.5, 0.6) is 0 Å². The van der Waals surface area contributed by atoms with E-state index in [2.05, 4.69) is 25.6 Å². The number of nitrogens with zero attached hydrogens (tertiary/aromatic N) is 6. The molecule has 0 aliphatic carbocycles. The van der Waals surface area contributed by atoms with Crippen LogP contribution in [0.25, 0.3) is 17.0 Å². The average Bonchev–Trinajstić information content (AvgIpc) is 2.79. The molecule has 9 heteroatoms. The number of halogens is 2. The highest BCUT2D eigenvalue weighted by Gasteiger charge is 2.14. The van der Waals surface area contributed by atoms with Gasteiger partial charge < -0.3 is 5.73 Å². The van der Waals surface area contributed by atoms with E-state index in [0.29, 0.717) is 21.3 Å². The van der Waals surface area contributed by atoms with Crippen molar-refractivity contribution in [3.8, 4) is 11.3 Å². The number of tetrazole rings is 1. The van der Waals surface area contributed by atoms with Crippen LogP contribution in [0.3, 0.4) is 0 Å². The van der Waals surface area contributed by atoms with Crippen molar-refractivity contribution in [1.29, 1.82) is 0 Å². The van der Waals surface area contributed by atoms with E-state index in [9.17, 15) is 0 Å². The topological polar surface area (TPSA) is 94.9 Å². The molecule has 18 heavy (non-hydrogen) atoms. The molecule has 0 spiro atoms. The molecule has 0 saturated heterocycles. The molecule has 2 N–H and O–H groups in total. The highest BCUT2D eigenvalue weighted by molar-refractivity contribution is 6.43. The van der Waals surface area contributed by atoms with Crippen molar-refractivity contribution in [2.24, 2.45) is 0 Å². The zero-order valence-corrected chi connectivity index (χ0v) is 10.3.